The van der Waals surface area contributed by atoms with Crippen molar-refractivity contribution in [2.24, 2.45) is 0 Å². The van der Waals surface area contributed by atoms with Crippen molar-refractivity contribution in [1.82, 2.24) is 9.97 Å². The van der Waals surface area contributed by atoms with Crippen molar-refractivity contribution in [3.8, 4) is 17.0 Å². The number of H-pyrrole nitrogens is 2. The van der Waals surface area contributed by atoms with Crippen molar-refractivity contribution >= 4 is 16.9 Å². The summed E-state index contributed by atoms with van der Waals surface area (Å²) < 4.78 is 0. The number of rotatable bonds is 1. The molecule has 2 heterocycles. The molecule has 0 unspecified atom stereocenters. The van der Waals surface area contributed by atoms with Crippen LogP contribution in [0.25, 0.3) is 22.2 Å². The van der Waals surface area contributed by atoms with Crippen LogP contribution in [0.15, 0.2) is 29.2 Å². The number of aromatic amines is 2. The molecule has 0 atom stereocenters. The number of carboxylic acids is 1. The van der Waals surface area contributed by atoms with Gasteiger partial charge in [-0.15, -0.1) is 0 Å². The lowest BCUT2D eigenvalue weighted by Crippen LogP contribution is -2.20. The second-order valence-electron chi connectivity index (χ2n) is 5.76. The number of aromatic hydroxyl groups is 1. The number of nitrogens with one attached hydrogen (secondary N) is 2. The van der Waals surface area contributed by atoms with Gasteiger partial charge >= 0.3 is 5.97 Å². The van der Waals surface area contributed by atoms with Gasteiger partial charge in [-0.05, 0) is 48.4 Å². The number of benzene rings is 1. The van der Waals surface area contributed by atoms with E-state index in [0.29, 0.717) is 17.7 Å². The fourth-order valence-corrected chi connectivity index (χ4v) is 3.34. The third kappa shape index (κ3) is 1.95. The molecule has 0 saturated carbocycles. The predicted molar refractivity (Wildman–Crippen MR) is 85.0 cm³/mol. The smallest absolute Gasteiger partial charge is 0.345 e. The summed E-state index contributed by atoms with van der Waals surface area (Å²) in [5.41, 5.74) is 2.47. The van der Waals surface area contributed by atoms with Gasteiger partial charge < -0.3 is 20.2 Å². The van der Waals surface area contributed by atoms with Gasteiger partial charge in [0, 0.05) is 22.8 Å². The topological polar surface area (TPSA) is 106 Å². The Bertz CT molecular complexity index is 1010. The van der Waals surface area contributed by atoms with Crippen molar-refractivity contribution in [2.75, 3.05) is 0 Å². The van der Waals surface area contributed by atoms with E-state index in [2.05, 4.69) is 16.0 Å². The third-order valence-corrected chi connectivity index (χ3v) is 4.42. The highest BCUT2D eigenvalue weighted by atomic mass is 16.4. The Kier molecular flexibility index (Phi) is 2.81. The van der Waals surface area contributed by atoms with E-state index in [1.54, 1.807) is 0 Å². The summed E-state index contributed by atoms with van der Waals surface area (Å²) in [4.78, 5) is 29.1. The summed E-state index contributed by atoms with van der Waals surface area (Å²) in [5.74, 6) is -1.84. The molecular formula is C17H14N2O4. The van der Waals surface area contributed by atoms with Gasteiger partial charge in [0.05, 0.1) is 5.69 Å². The number of hydrogen-bond acceptors (Lipinski definition) is 3. The molecule has 4 rings (SSSR count). The first-order valence-corrected chi connectivity index (χ1v) is 7.38. The van der Waals surface area contributed by atoms with Crippen LogP contribution >= 0.6 is 0 Å². The van der Waals surface area contributed by atoms with Crippen LogP contribution in [-0.2, 0) is 12.8 Å². The first-order chi connectivity index (χ1) is 11.1. The molecule has 2 aromatic heterocycles. The molecule has 0 aliphatic heterocycles. The van der Waals surface area contributed by atoms with Crippen molar-refractivity contribution < 1.29 is 15.0 Å². The van der Waals surface area contributed by atoms with Gasteiger partial charge in [0.15, 0.2) is 5.56 Å². The zero-order chi connectivity index (χ0) is 16.1. The van der Waals surface area contributed by atoms with E-state index in [0.717, 1.165) is 34.9 Å². The number of aromatic nitrogens is 2. The molecule has 116 valence electrons. The normalized spacial score (nSPS) is 13.4. The minimum atomic E-state index is -1.42. The minimum absolute atomic E-state index is 0.421. The standard InChI is InChI=1S/C17H14N2O4/c20-15-10-3-1-2-8-6-9-4-5-18-12(9)7-11(8)14(10)19-16(21)13(15)17(22)23/h4-7,18H,1-3H2,(H,22,23)(H2,19,20,21). The van der Waals surface area contributed by atoms with E-state index in [4.69, 9.17) is 5.11 Å². The van der Waals surface area contributed by atoms with Crippen LogP contribution in [-0.4, -0.2) is 26.2 Å². The van der Waals surface area contributed by atoms with Crippen LogP contribution in [0.4, 0.5) is 0 Å². The highest BCUT2D eigenvalue weighted by Crippen LogP contribution is 2.37. The zero-order valence-corrected chi connectivity index (χ0v) is 12.1. The van der Waals surface area contributed by atoms with Gasteiger partial charge in [-0.25, -0.2) is 4.79 Å². The Labute approximate surface area is 130 Å². The maximum absolute atomic E-state index is 12.1. The quantitative estimate of drug-likeness (QED) is 0.553. The number of fused-ring (bicyclic) bond motifs is 4. The number of carbonyl (C=O) groups is 1. The Morgan fingerprint density at radius 2 is 2.04 bits per heavy atom. The molecule has 0 amide bonds. The minimum Gasteiger partial charge on any atom is -0.506 e. The molecule has 4 N–H and O–H groups in total. The molecule has 0 fully saturated rings. The molecule has 0 spiro atoms. The van der Waals surface area contributed by atoms with Gasteiger partial charge in [-0.1, -0.05) is 0 Å². The molecule has 0 saturated heterocycles. The van der Waals surface area contributed by atoms with Crippen LogP contribution in [0.2, 0.25) is 0 Å². The van der Waals surface area contributed by atoms with Gasteiger partial charge in [0.25, 0.3) is 5.56 Å². The van der Waals surface area contributed by atoms with Crippen LogP contribution in [0.3, 0.4) is 0 Å². The molecule has 0 bridgehead atoms. The van der Waals surface area contributed by atoms with Crippen molar-refractivity contribution in [2.45, 2.75) is 19.3 Å². The fraction of sp³-hybridized carbons (Fsp3) is 0.176. The van der Waals surface area contributed by atoms with E-state index in [9.17, 15) is 14.7 Å². The number of aromatic carboxylic acids is 1. The first kappa shape index (κ1) is 13.6. The highest BCUT2D eigenvalue weighted by Gasteiger charge is 2.25. The molecule has 6 heteroatoms. The fourth-order valence-electron chi connectivity index (χ4n) is 3.34. The molecule has 6 nitrogen and oxygen atoms in total. The molecule has 1 aliphatic rings. The Balaban J connectivity index is 2.08. The summed E-state index contributed by atoms with van der Waals surface area (Å²) in [5, 5.41) is 20.5. The molecule has 0 radical (unpaired) electrons. The summed E-state index contributed by atoms with van der Waals surface area (Å²) in [6.07, 6.45) is 3.93. The van der Waals surface area contributed by atoms with Crippen LogP contribution < -0.4 is 5.56 Å². The lowest BCUT2D eigenvalue weighted by atomic mass is 9.98. The zero-order valence-electron chi connectivity index (χ0n) is 12.1. The average molecular weight is 310 g/mol. The molecular weight excluding hydrogens is 296 g/mol. The maximum atomic E-state index is 12.1. The molecule has 3 aromatic rings. The van der Waals surface area contributed by atoms with Crippen LogP contribution in [0, 0.1) is 0 Å². The lowest BCUT2D eigenvalue weighted by Gasteiger charge is -2.12. The van der Waals surface area contributed by atoms with E-state index in [1.807, 2.05) is 18.3 Å². The number of pyridine rings is 1. The van der Waals surface area contributed by atoms with E-state index in [1.165, 1.54) is 0 Å². The number of hydrogen-bond donors (Lipinski definition) is 4. The third-order valence-electron chi connectivity index (χ3n) is 4.42. The van der Waals surface area contributed by atoms with Gasteiger partial charge in [-0.2, -0.15) is 0 Å². The second-order valence-corrected chi connectivity index (χ2v) is 5.76. The van der Waals surface area contributed by atoms with E-state index >= 15 is 0 Å². The first-order valence-electron chi connectivity index (χ1n) is 7.38. The van der Waals surface area contributed by atoms with Crippen molar-refractivity contribution in [1.29, 1.82) is 0 Å². The van der Waals surface area contributed by atoms with E-state index in [-0.39, 0.29) is 0 Å². The maximum Gasteiger partial charge on any atom is 0.345 e. The second kappa shape index (κ2) is 4.74. The molecule has 1 aliphatic carbocycles. The van der Waals surface area contributed by atoms with Crippen LogP contribution in [0.1, 0.15) is 27.9 Å². The Morgan fingerprint density at radius 1 is 1.22 bits per heavy atom. The summed E-state index contributed by atoms with van der Waals surface area (Å²) in [6, 6.07) is 5.98. The number of carboxylic acid groups (broad SMARTS) is 1. The largest absolute Gasteiger partial charge is 0.506 e. The van der Waals surface area contributed by atoms with Gasteiger partial charge in [0.2, 0.25) is 0 Å². The Hall–Kier alpha value is -3.02. The summed E-state index contributed by atoms with van der Waals surface area (Å²) >= 11 is 0. The number of aryl methyl sites for hydroxylation is 1. The van der Waals surface area contributed by atoms with Crippen molar-refractivity contribution in [3.05, 3.63) is 51.4 Å². The van der Waals surface area contributed by atoms with Crippen molar-refractivity contribution in [3.63, 3.8) is 0 Å². The lowest BCUT2D eigenvalue weighted by molar-refractivity contribution is 0.0691. The molecule has 1 aromatic carbocycles. The Morgan fingerprint density at radius 3 is 2.83 bits per heavy atom. The monoisotopic (exact) mass is 310 g/mol. The SMILES string of the molecule is O=C(O)c1c(O)c2c([nH]c1=O)-c1cc3[nH]ccc3cc1CCC2. The molecule has 23 heavy (non-hydrogen) atoms. The highest BCUT2D eigenvalue weighted by molar-refractivity contribution is 5.93. The summed E-state index contributed by atoms with van der Waals surface area (Å²) in [7, 11) is 0. The predicted octanol–water partition coefficient (Wildman–Crippen LogP) is 2.42. The van der Waals surface area contributed by atoms with Gasteiger partial charge in [0.1, 0.15) is 5.75 Å². The van der Waals surface area contributed by atoms with E-state index < -0.39 is 22.8 Å². The van der Waals surface area contributed by atoms with Gasteiger partial charge in [-0.3, -0.25) is 4.79 Å². The average Bonchev–Trinajstić information content (AvgIpc) is 2.87. The summed E-state index contributed by atoms with van der Waals surface area (Å²) in [6.45, 7) is 0. The van der Waals surface area contributed by atoms with Crippen LogP contribution in [0.5, 0.6) is 5.75 Å².